The number of hydrogen-bond acceptors (Lipinski definition) is 4. The number of fused-ring (bicyclic) bond motifs is 4. The number of terminal acetylenes is 1. The zero-order valence-electron chi connectivity index (χ0n) is 26.6. The predicted molar refractivity (Wildman–Crippen MR) is 192 cm³/mol. The molecule has 0 radical (unpaired) electrons. The lowest BCUT2D eigenvalue weighted by Gasteiger charge is -2.17. The fraction of sp³-hybridized carbons (Fsp3) is 0.200. The third-order valence-electron chi connectivity index (χ3n) is 8.30. The van der Waals surface area contributed by atoms with Gasteiger partial charge in [-0.05, 0) is 111 Å². The molecule has 244 valence electrons. The molecule has 6 aromatic rings. The van der Waals surface area contributed by atoms with Gasteiger partial charge >= 0.3 is 0 Å². The molecule has 0 aliphatic carbocycles. The smallest absolute Gasteiger partial charge is 0.261 e. The predicted octanol–water partition coefficient (Wildman–Crippen LogP) is 7.57. The van der Waals surface area contributed by atoms with Gasteiger partial charge in [0, 0.05) is 47.1 Å². The van der Waals surface area contributed by atoms with Crippen LogP contribution in [0, 0.1) is 35.8 Å². The van der Waals surface area contributed by atoms with E-state index < -0.39 is 0 Å². The highest BCUT2D eigenvalue weighted by Crippen LogP contribution is 2.19. The highest BCUT2D eigenvalue weighted by Gasteiger charge is 2.15. The van der Waals surface area contributed by atoms with Crippen LogP contribution < -0.4 is 11.1 Å². The van der Waals surface area contributed by atoms with Crippen molar-refractivity contribution in [2.75, 3.05) is 0 Å². The standard InChI is InChI=1S/C20H15FN2O.C12H11BrN2O.C8H5F/c21-16-9-6-14(7-10-16)4-5-15-8-11-17-18(13-15)22-19-3-1-2-12-23(19)20(17)24;13-8-4-5-9-10(7-8)14-11-3-1-2-6-15(11)12(9)16;1-2-7-3-5-8(9)6-4-7/h6-11,13H,1-3,12H2;4-5,7H,1-3,6H2;1,3-6H. The molecule has 4 heterocycles. The number of hydrogen-bond donors (Lipinski definition) is 0. The Bertz CT molecular complexity index is 2380. The zero-order valence-corrected chi connectivity index (χ0v) is 28.1. The van der Waals surface area contributed by atoms with E-state index in [1.54, 1.807) is 34.9 Å². The third kappa shape index (κ3) is 8.02. The first kappa shape index (κ1) is 33.5. The van der Waals surface area contributed by atoms with Crippen LogP contribution in [0.5, 0.6) is 0 Å². The lowest BCUT2D eigenvalue weighted by atomic mass is 10.1. The normalized spacial score (nSPS) is 12.9. The van der Waals surface area contributed by atoms with Gasteiger partial charge in [0.2, 0.25) is 0 Å². The van der Waals surface area contributed by atoms with Gasteiger partial charge in [-0.15, -0.1) is 6.42 Å². The van der Waals surface area contributed by atoms with Crippen LogP contribution in [-0.4, -0.2) is 19.1 Å². The minimum atomic E-state index is -0.277. The summed E-state index contributed by atoms with van der Waals surface area (Å²) in [5.74, 6) is 9.70. The third-order valence-corrected chi connectivity index (χ3v) is 8.79. The van der Waals surface area contributed by atoms with Crippen molar-refractivity contribution in [2.24, 2.45) is 0 Å². The summed E-state index contributed by atoms with van der Waals surface area (Å²) in [6.45, 7) is 1.57. The highest BCUT2D eigenvalue weighted by molar-refractivity contribution is 9.10. The van der Waals surface area contributed by atoms with Crippen molar-refractivity contribution >= 4 is 37.7 Å². The van der Waals surface area contributed by atoms with E-state index in [1.165, 1.54) is 24.3 Å². The maximum absolute atomic E-state index is 12.9. The first-order valence-electron chi connectivity index (χ1n) is 16.0. The quantitative estimate of drug-likeness (QED) is 0.152. The van der Waals surface area contributed by atoms with Gasteiger partial charge in [-0.3, -0.25) is 18.7 Å². The number of benzene rings is 4. The van der Waals surface area contributed by atoms with Crippen LogP contribution in [-0.2, 0) is 25.9 Å². The number of aromatic nitrogens is 4. The van der Waals surface area contributed by atoms with Crippen LogP contribution in [0.15, 0.2) is 99.0 Å². The molecule has 2 aliphatic rings. The van der Waals surface area contributed by atoms with E-state index in [4.69, 9.17) is 6.42 Å². The molecule has 0 fully saturated rings. The van der Waals surface area contributed by atoms with Crippen LogP contribution >= 0.6 is 15.9 Å². The van der Waals surface area contributed by atoms with Crippen molar-refractivity contribution in [1.82, 2.24) is 19.1 Å². The second kappa shape index (κ2) is 15.2. The summed E-state index contributed by atoms with van der Waals surface area (Å²) in [6, 6.07) is 23.0. The summed E-state index contributed by atoms with van der Waals surface area (Å²) in [4.78, 5) is 34.0. The highest BCUT2D eigenvalue weighted by atomic mass is 79.9. The first-order chi connectivity index (χ1) is 23.8. The number of aryl methyl sites for hydroxylation is 2. The summed E-state index contributed by atoms with van der Waals surface area (Å²) < 4.78 is 29.6. The van der Waals surface area contributed by atoms with Crippen LogP contribution in [0.4, 0.5) is 8.78 Å². The van der Waals surface area contributed by atoms with Crippen LogP contribution in [0.2, 0.25) is 0 Å². The molecular weight excluding hydrogens is 686 g/mol. The molecule has 6 nitrogen and oxygen atoms in total. The van der Waals surface area contributed by atoms with E-state index in [9.17, 15) is 18.4 Å². The largest absolute Gasteiger partial charge is 0.296 e. The van der Waals surface area contributed by atoms with E-state index in [0.29, 0.717) is 21.9 Å². The lowest BCUT2D eigenvalue weighted by molar-refractivity contribution is 0.501. The van der Waals surface area contributed by atoms with Crippen molar-refractivity contribution < 1.29 is 8.78 Å². The summed E-state index contributed by atoms with van der Waals surface area (Å²) in [5, 5.41) is 1.35. The van der Waals surface area contributed by atoms with E-state index in [1.807, 2.05) is 34.9 Å². The van der Waals surface area contributed by atoms with Gasteiger partial charge in [-0.25, -0.2) is 18.7 Å². The van der Waals surface area contributed by atoms with Gasteiger partial charge in [0.1, 0.15) is 23.3 Å². The summed E-state index contributed by atoms with van der Waals surface area (Å²) >= 11 is 3.40. The molecule has 0 unspecified atom stereocenters. The monoisotopic (exact) mass is 716 g/mol. The number of rotatable bonds is 0. The molecule has 49 heavy (non-hydrogen) atoms. The van der Waals surface area contributed by atoms with E-state index in [-0.39, 0.29) is 22.8 Å². The molecule has 0 N–H and O–H groups in total. The molecule has 9 heteroatoms. The van der Waals surface area contributed by atoms with Crippen molar-refractivity contribution in [1.29, 1.82) is 0 Å². The Balaban J connectivity index is 0.000000143. The number of halogens is 3. The van der Waals surface area contributed by atoms with Gasteiger partial charge in [0.15, 0.2) is 0 Å². The fourth-order valence-corrected chi connectivity index (χ4v) is 6.11. The second-order valence-electron chi connectivity index (χ2n) is 11.7. The molecule has 0 spiro atoms. The van der Waals surface area contributed by atoms with Gasteiger partial charge in [0.25, 0.3) is 11.1 Å². The molecule has 0 atom stereocenters. The average Bonchev–Trinajstić information content (AvgIpc) is 3.12. The molecule has 0 amide bonds. The van der Waals surface area contributed by atoms with E-state index in [0.717, 1.165) is 84.4 Å². The molecule has 0 bridgehead atoms. The molecule has 2 aliphatic heterocycles. The van der Waals surface area contributed by atoms with Crippen molar-refractivity contribution in [3.05, 3.63) is 150 Å². The van der Waals surface area contributed by atoms with Crippen molar-refractivity contribution in [3.8, 4) is 24.2 Å². The summed E-state index contributed by atoms with van der Waals surface area (Å²) in [7, 11) is 0. The maximum atomic E-state index is 12.9. The minimum Gasteiger partial charge on any atom is -0.296 e. The van der Waals surface area contributed by atoms with Crippen LogP contribution in [0.25, 0.3) is 21.8 Å². The number of nitrogens with zero attached hydrogens (tertiary/aromatic N) is 4. The van der Waals surface area contributed by atoms with E-state index in [2.05, 4.69) is 43.7 Å². The Morgan fingerprint density at radius 2 is 1.08 bits per heavy atom. The Morgan fingerprint density at radius 1 is 0.612 bits per heavy atom. The SMILES string of the molecule is C#Cc1ccc(F)cc1.O=c1c2ccc(Br)cc2nc2n1CCCC2.O=c1c2ccc(C#Cc3ccc(F)cc3)cc2nc2n1CCCC2. The Labute approximate surface area is 290 Å². The Kier molecular flexibility index (Phi) is 10.4. The Morgan fingerprint density at radius 3 is 1.63 bits per heavy atom. The van der Waals surface area contributed by atoms with Crippen LogP contribution in [0.1, 0.15) is 54.0 Å². The topological polar surface area (TPSA) is 69.8 Å². The molecule has 2 aromatic heterocycles. The summed E-state index contributed by atoms with van der Waals surface area (Å²) in [6.07, 6.45) is 11.1. The molecule has 8 rings (SSSR count). The maximum Gasteiger partial charge on any atom is 0.261 e. The minimum absolute atomic E-state index is 0.0349. The molecular formula is C40H31BrF2N4O2. The Hall–Kier alpha value is -5.38. The van der Waals surface area contributed by atoms with Crippen LogP contribution in [0.3, 0.4) is 0 Å². The second-order valence-corrected chi connectivity index (χ2v) is 12.6. The molecule has 4 aromatic carbocycles. The van der Waals surface area contributed by atoms with Gasteiger partial charge in [0.05, 0.1) is 21.8 Å². The molecule has 0 saturated carbocycles. The summed E-state index contributed by atoms with van der Waals surface area (Å²) in [5.41, 5.74) is 3.87. The van der Waals surface area contributed by atoms with Gasteiger partial charge in [-0.2, -0.15) is 0 Å². The van der Waals surface area contributed by atoms with Crippen molar-refractivity contribution in [3.63, 3.8) is 0 Å². The average molecular weight is 718 g/mol. The molecule has 0 saturated heterocycles. The van der Waals surface area contributed by atoms with Crippen molar-refractivity contribution in [2.45, 2.75) is 51.6 Å². The van der Waals surface area contributed by atoms with Gasteiger partial charge in [-0.1, -0.05) is 33.7 Å². The van der Waals surface area contributed by atoms with E-state index >= 15 is 0 Å². The fourth-order valence-electron chi connectivity index (χ4n) is 5.76. The first-order valence-corrected chi connectivity index (χ1v) is 16.8. The van der Waals surface area contributed by atoms with Gasteiger partial charge < -0.3 is 0 Å². The lowest BCUT2D eigenvalue weighted by Crippen LogP contribution is -2.28. The zero-order chi connectivity index (χ0) is 34.3.